The molecule has 1 aromatic carbocycles. The summed E-state index contributed by atoms with van der Waals surface area (Å²) in [5, 5.41) is 0. The minimum absolute atomic E-state index is 0.0881. The number of aromatic nitrogens is 2. The fraction of sp³-hybridized carbons (Fsp3) is 0.500. The number of amides is 2. The molecule has 0 radical (unpaired) electrons. The van der Waals surface area contributed by atoms with Crippen LogP contribution in [0.15, 0.2) is 24.3 Å². The van der Waals surface area contributed by atoms with Gasteiger partial charge in [0.05, 0.1) is 24.1 Å². The van der Waals surface area contributed by atoms with Gasteiger partial charge in [0.15, 0.2) is 0 Å². The molecule has 132 valence electrons. The summed E-state index contributed by atoms with van der Waals surface area (Å²) in [5.41, 5.74) is 1.38. The number of likely N-dealkylation sites (N-methyl/N-ethyl adjacent to an activating group) is 1. The predicted molar refractivity (Wildman–Crippen MR) is 92.1 cm³/mol. The summed E-state index contributed by atoms with van der Waals surface area (Å²) >= 11 is 0. The van der Waals surface area contributed by atoms with Crippen molar-refractivity contribution >= 4 is 23.0 Å². The first-order chi connectivity index (χ1) is 12.0. The molecule has 1 atom stereocenters. The number of para-hydroxylation sites is 2. The summed E-state index contributed by atoms with van der Waals surface area (Å²) in [7, 11) is 1.74. The number of ether oxygens (including phenoxy) is 1. The van der Waals surface area contributed by atoms with E-state index >= 15 is 0 Å². The zero-order chi connectivity index (χ0) is 17.4. The van der Waals surface area contributed by atoms with Gasteiger partial charge in [-0.25, -0.2) is 9.78 Å². The Morgan fingerprint density at radius 3 is 2.96 bits per heavy atom. The van der Waals surface area contributed by atoms with Gasteiger partial charge in [0.1, 0.15) is 11.4 Å². The number of carbonyl (C=O) groups is 2. The Bertz CT molecular complexity index is 785. The third-order valence-electron chi connectivity index (χ3n) is 5.05. The number of hydrogen-bond acceptors (Lipinski definition) is 4. The smallest absolute Gasteiger partial charge is 0.410 e. The number of hydrogen-bond donors (Lipinski definition) is 1. The maximum atomic E-state index is 12.6. The number of nitrogens with one attached hydrogen (secondary N) is 1. The molecule has 7 nitrogen and oxygen atoms in total. The van der Waals surface area contributed by atoms with Crippen LogP contribution in [0.25, 0.3) is 11.0 Å². The summed E-state index contributed by atoms with van der Waals surface area (Å²) in [4.78, 5) is 35.5. The van der Waals surface area contributed by atoms with Crippen LogP contribution >= 0.6 is 0 Å². The van der Waals surface area contributed by atoms with E-state index < -0.39 is 5.60 Å². The normalized spacial score (nSPS) is 23.5. The number of H-pyrrole nitrogens is 1. The van der Waals surface area contributed by atoms with Crippen LogP contribution in [0.4, 0.5) is 4.79 Å². The van der Waals surface area contributed by atoms with Crippen molar-refractivity contribution in [3.05, 3.63) is 30.1 Å². The van der Waals surface area contributed by atoms with Crippen LogP contribution in [-0.2, 0) is 16.0 Å². The number of fused-ring (bicyclic) bond motifs is 1. The maximum absolute atomic E-state index is 12.6. The van der Waals surface area contributed by atoms with Crippen molar-refractivity contribution in [2.75, 3.05) is 26.7 Å². The van der Waals surface area contributed by atoms with E-state index in [1.165, 1.54) is 0 Å². The SMILES string of the molecule is CN1CC2(CCCN(C(=O)CCc3nc4ccccc4[nH]3)C2)OC1=O. The molecule has 2 saturated heterocycles. The molecule has 4 rings (SSSR count). The summed E-state index contributed by atoms with van der Waals surface area (Å²) in [6, 6.07) is 7.84. The third-order valence-corrected chi connectivity index (χ3v) is 5.05. The second-order valence-electron chi connectivity index (χ2n) is 7.03. The second-order valence-corrected chi connectivity index (χ2v) is 7.03. The lowest BCUT2D eigenvalue weighted by Crippen LogP contribution is -2.52. The average Bonchev–Trinajstić information content (AvgIpc) is 3.13. The standard InChI is InChI=1S/C18H22N4O3/c1-21-11-18(25-17(21)24)9-4-10-22(12-18)16(23)8-7-15-19-13-5-2-3-6-14(13)20-15/h2-3,5-6H,4,7-12H2,1H3,(H,19,20). The summed E-state index contributed by atoms with van der Waals surface area (Å²) in [6.45, 7) is 1.77. The highest BCUT2D eigenvalue weighted by atomic mass is 16.6. The van der Waals surface area contributed by atoms with Crippen LogP contribution in [0, 0.1) is 0 Å². The van der Waals surface area contributed by atoms with E-state index in [0.717, 1.165) is 36.2 Å². The van der Waals surface area contributed by atoms with Crippen molar-refractivity contribution in [3.8, 4) is 0 Å². The van der Waals surface area contributed by atoms with E-state index in [4.69, 9.17) is 4.74 Å². The number of rotatable bonds is 3. The van der Waals surface area contributed by atoms with Crippen LogP contribution in [0.5, 0.6) is 0 Å². The van der Waals surface area contributed by atoms with Crippen molar-refractivity contribution in [1.82, 2.24) is 19.8 Å². The molecular weight excluding hydrogens is 320 g/mol. The molecule has 25 heavy (non-hydrogen) atoms. The Balaban J connectivity index is 1.38. The van der Waals surface area contributed by atoms with E-state index in [9.17, 15) is 9.59 Å². The number of piperidine rings is 1. The van der Waals surface area contributed by atoms with Gasteiger partial charge in [-0.05, 0) is 25.0 Å². The number of aromatic amines is 1. The minimum atomic E-state index is -0.529. The van der Waals surface area contributed by atoms with Crippen molar-refractivity contribution in [3.63, 3.8) is 0 Å². The van der Waals surface area contributed by atoms with Gasteiger partial charge in [0.25, 0.3) is 0 Å². The minimum Gasteiger partial charge on any atom is -0.439 e. The van der Waals surface area contributed by atoms with Gasteiger partial charge in [-0.1, -0.05) is 12.1 Å². The third kappa shape index (κ3) is 3.06. The monoisotopic (exact) mass is 342 g/mol. The molecule has 0 bridgehead atoms. The second kappa shape index (κ2) is 6.06. The molecule has 1 aromatic heterocycles. The molecule has 1 unspecified atom stereocenters. The topological polar surface area (TPSA) is 78.5 Å². The zero-order valence-electron chi connectivity index (χ0n) is 14.3. The molecule has 2 amide bonds. The highest BCUT2D eigenvalue weighted by Gasteiger charge is 2.47. The highest BCUT2D eigenvalue weighted by molar-refractivity contribution is 5.78. The molecular formula is C18H22N4O3. The van der Waals surface area contributed by atoms with Crippen molar-refractivity contribution < 1.29 is 14.3 Å². The first-order valence-electron chi connectivity index (χ1n) is 8.70. The summed E-state index contributed by atoms with van der Waals surface area (Å²) in [5.74, 6) is 0.915. The quantitative estimate of drug-likeness (QED) is 0.924. The number of imidazole rings is 1. The fourth-order valence-corrected chi connectivity index (χ4v) is 3.82. The van der Waals surface area contributed by atoms with E-state index in [-0.39, 0.29) is 12.0 Å². The van der Waals surface area contributed by atoms with Crippen molar-refractivity contribution in [2.24, 2.45) is 0 Å². The van der Waals surface area contributed by atoms with Crippen molar-refractivity contribution in [2.45, 2.75) is 31.3 Å². The Morgan fingerprint density at radius 2 is 2.20 bits per heavy atom. The summed E-state index contributed by atoms with van der Waals surface area (Å²) < 4.78 is 5.56. The number of benzene rings is 1. The highest BCUT2D eigenvalue weighted by Crippen LogP contribution is 2.31. The maximum Gasteiger partial charge on any atom is 0.410 e. The molecule has 1 N–H and O–H groups in total. The zero-order valence-corrected chi connectivity index (χ0v) is 14.3. The Labute approximate surface area is 146 Å². The molecule has 0 aliphatic carbocycles. The number of aryl methyl sites for hydroxylation is 1. The van der Waals surface area contributed by atoms with Gasteiger partial charge in [0, 0.05) is 26.4 Å². The van der Waals surface area contributed by atoms with Gasteiger partial charge in [0.2, 0.25) is 5.91 Å². The van der Waals surface area contributed by atoms with Gasteiger partial charge in [-0.15, -0.1) is 0 Å². The molecule has 2 aliphatic rings. The van der Waals surface area contributed by atoms with Gasteiger partial charge >= 0.3 is 6.09 Å². The first kappa shape index (κ1) is 15.9. The summed E-state index contributed by atoms with van der Waals surface area (Å²) in [6.07, 6.45) is 2.36. The molecule has 2 aliphatic heterocycles. The lowest BCUT2D eigenvalue weighted by atomic mass is 9.92. The number of nitrogens with zero attached hydrogens (tertiary/aromatic N) is 3. The van der Waals surface area contributed by atoms with E-state index in [1.807, 2.05) is 29.2 Å². The Morgan fingerprint density at radius 1 is 1.36 bits per heavy atom. The van der Waals surface area contributed by atoms with Crippen LogP contribution in [-0.4, -0.2) is 64.1 Å². The van der Waals surface area contributed by atoms with E-state index in [1.54, 1.807) is 11.9 Å². The van der Waals surface area contributed by atoms with E-state index in [0.29, 0.717) is 25.9 Å². The Kier molecular flexibility index (Phi) is 3.86. The molecule has 2 fully saturated rings. The van der Waals surface area contributed by atoms with Crippen molar-refractivity contribution in [1.29, 1.82) is 0 Å². The lowest BCUT2D eigenvalue weighted by molar-refractivity contribution is -0.136. The average molecular weight is 342 g/mol. The van der Waals surface area contributed by atoms with Gasteiger partial charge in [-0.2, -0.15) is 0 Å². The lowest BCUT2D eigenvalue weighted by Gasteiger charge is -2.38. The van der Waals surface area contributed by atoms with Crippen LogP contribution in [0.3, 0.4) is 0 Å². The Hall–Kier alpha value is -2.57. The van der Waals surface area contributed by atoms with Gasteiger partial charge < -0.3 is 19.5 Å². The molecule has 7 heteroatoms. The first-order valence-corrected chi connectivity index (χ1v) is 8.70. The molecule has 0 saturated carbocycles. The number of likely N-dealkylation sites (tertiary alicyclic amines) is 1. The van der Waals surface area contributed by atoms with Gasteiger partial charge in [-0.3, -0.25) is 4.79 Å². The molecule has 1 spiro atoms. The largest absolute Gasteiger partial charge is 0.439 e. The van der Waals surface area contributed by atoms with Crippen LogP contribution < -0.4 is 0 Å². The van der Waals surface area contributed by atoms with Crippen LogP contribution in [0.1, 0.15) is 25.1 Å². The number of carbonyl (C=O) groups excluding carboxylic acids is 2. The van der Waals surface area contributed by atoms with E-state index in [2.05, 4.69) is 9.97 Å². The molecule has 2 aromatic rings. The molecule has 3 heterocycles. The van der Waals surface area contributed by atoms with Crippen LogP contribution in [0.2, 0.25) is 0 Å². The predicted octanol–water partition coefficient (Wildman–Crippen LogP) is 1.94. The fourth-order valence-electron chi connectivity index (χ4n) is 3.82.